The number of esters is 1. The minimum absolute atomic E-state index is 0.0601. The monoisotopic (exact) mass is 254 g/mol. The highest BCUT2D eigenvalue weighted by Crippen LogP contribution is 2.30. The molecule has 1 saturated carbocycles. The molecular weight excluding hydrogens is 232 g/mol. The van der Waals surface area contributed by atoms with Gasteiger partial charge in [0.25, 0.3) is 0 Å². The van der Waals surface area contributed by atoms with E-state index in [0.29, 0.717) is 13.0 Å². The maximum Gasteiger partial charge on any atom is 0.328 e. The van der Waals surface area contributed by atoms with Crippen LogP contribution in [-0.4, -0.2) is 42.0 Å². The number of methoxy groups -OCH3 is 1. The lowest BCUT2D eigenvalue weighted by Crippen LogP contribution is -2.58. The lowest BCUT2D eigenvalue weighted by molar-refractivity contribution is -0.153. The van der Waals surface area contributed by atoms with Gasteiger partial charge in [0, 0.05) is 6.54 Å². The molecule has 5 heteroatoms. The minimum atomic E-state index is -0.755. The first-order valence-electron chi connectivity index (χ1n) is 6.76. The van der Waals surface area contributed by atoms with E-state index >= 15 is 0 Å². The predicted molar refractivity (Wildman–Crippen MR) is 66.8 cm³/mol. The fourth-order valence-corrected chi connectivity index (χ4v) is 3.07. The Kier molecular flexibility index (Phi) is 3.90. The summed E-state index contributed by atoms with van der Waals surface area (Å²) in [5.41, 5.74) is 5.49. The molecule has 1 atom stereocenters. The highest BCUT2D eigenvalue weighted by molar-refractivity contribution is 5.91. The van der Waals surface area contributed by atoms with Crippen LogP contribution in [0.1, 0.15) is 44.9 Å². The van der Waals surface area contributed by atoms with Crippen molar-refractivity contribution < 1.29 is 14.3 Å². The van der Waals surface area contributed by atoms with E-state index in [4.69, 9.17) is 10.5 Å². The van der Waals surface area contributed by atoms with E-state index in [-0.39, 0.29) is 11.9 Å². The van der Waals surface area contributed by atoms with E-state index < -0.39 is 11.6 Å². The molecular formula is C13H22N2O3. The fraction of sp³-hybridized carbons (Fsp3) is 0.846. The highest BCUT2D eigenvalue weighted by Gasteiger charge is 2.44. The first kappa shape index (κ1) is 13.3. The summed E-state index contributed by atoms with van der Waals surface area (Å²) < 4.78 is 4.76. The number of hydrogen-bond acceptors (Lipinski definition) is 4. The Morgan fingerprint density at radius 1 is 1.22 bits per heavy atom. The maximum absolute atomic E-state index is 12.5. The van der Waals surface area contributed by atoms with Crippen molar-refractivity contribution in [1.29, 1.82) is 0 Å². The number of amides is 1. The average Bonchev–Trinajstić information content (AvgIpc) is 2.86. The Morgan fingerprint density at radius 3 is 2.50 bits per heavy atom. The zero-order valence-corrected chi connectivity index (χ0v) is 11.0. The maximum atomic E-state index is 12.5. The lowest BCUT2D eigenvalue weighted by atomic mass is 9.81. The molecule has 1 aliphatic carbocycles. The molecule has 1 saturated heterocycles. The SMILES string of the molecule is COC(=O)C1CCCN1C(=O)C1(N)CCCCC1. The number of carbonyl (C=O) groups is 2. The summed E-state index contributed by atoms with van der Waals surface area (Å²) in [5, 5.41) is 0. The average molecular weight is 254 g/mol. The van der Waals surface area contributed by atoms with Crippen LogP contribution in [0.2, 0.25) is 0 Å². The molecule has 1 heterocycles. The Hall–Kier alpha value is -1.10. The zero-order chi connectivity index (χ0) is 13.2. The molecule has 1 aliphatic heterocycles. The van der Waals surface area contributed by atoms with Gasteiger partial charge in [-0.25, -0.2) is 4.79 Å². The van der Waals surface area contributed by atoms with Crippen LogP contribution >= 0.6 is 0 Å². The van der Waals surface area contributed by atoms with Gasteiger partial charge in [0.1, 0.15) is 6.04 Å². The van der Waals surface area contributed by atoms with Crippen LogP contribution in [0.5, 0.6) is 0 Å². The van der Waals surface area contributed by atoms with Crippen molar-refractivity contribution in [3.05, 3.63) is 0 Å². The fourth-order valence-electron chi connectivity index (χ4n) is 3.07. The van der Waals surface area contributed by atoms with E-state index in [1.165, 1.54) is 7.11 Å². The van der Waals surface area contributed by atoms with Crippen molar-refractivity contribution in [3.63, 3.8) is 0 Å². The second-order valence-electron chi connectivity index (χ2n) is 5.40. The molecule has 1 unspecified atom stereocenters. The van der Waals surface area contributed by atoms with Crippen molar-refractivity contribution >= 4 is 11.9 Å². The van der Waals surface area contributed by atoms with Gasteiger partial charge in [0.2, 0.25) is 5.91 Å². The van der Waals surface area contributed by atoms with E-state index in [1.54, 1.807) is 4.90 Å². The largest absolute Gasteiger partial charge is 0.467 e. The lowest BCUT2D eigenvalue weighted by Gasteiger charge is -2.36. The van der Waals surface area contributed by atoms with Gasteiger partial charge in [-0.1, -0.05) is 19.3 Å². The van der Waals surface area contributed by atoms with Gasteiger partial charge in [0.15, 0.2) is 0 Å². The molecule has 5 nitrogen and oxygen atoms in total. The molecule has 0 radical (unpaired) electrons. The number of ether oxygens (including phenoxy) is 1. The third-order valence-electron chi connectivity index (χ3n) is 4.16. The first-order chi connectivity index (χ1) is 8.58. The van der Waals surface area contributed by atoms with Crippen LogP contribution in [-0.2, 0) is 14.3 Å². The highest BCUT2D eigenvalue weighted by atomic mass is 16.5. The molecule has 102 valence electrons. The topological polar surface area (TPSA) is 72.6 Å². The Labute approximate surface area is 108 Å². The summed E-state index contributed by atoms with van der Waals surface area (Å²) in [6.07, 6.45) is 6.15. The molecule has 18 heavy (non-hydrogen) atoms. The van der Waals surface area contributed by atoms with Crippen LogP contribution in [0.3, 0.4) is 0 Å². The molecule has 2 N–H and O–H groups in total. The van der Waals surface area contributed by atoms with Crippen LogP contribution in [0.15, 0.2) is 0 Å². The van der Waals surface area contributed by atoms with Gasteiger partial charge >= 0.3 is 5.97 Å². The number of nitrogens with two attached hydrogens (primary N) is 1. The van der Waals surface area contributed by atoms with Gasteiger partial charge in [-0.3, -0.25) is 4.79 Å². The van der Waals surface area contributed by atoms with Crippen molar-refractivity contribution in [3.8, 4) is 0 Å². The van der Waals surface area contributed by atoms with Crippen molar-refractivity contribution in [2.24, 2.45) is 5.73 Å². The standard InChI is InChI=1S/C13H22N2O3/c1-18-11(16)10-6-5-9-15(10)12(17)13(14)7-3-2-4-8-13/h10H,2-9,14H2,1H3. The quantitative estimate of drug-likeness (QED) is 0.740. The van der Waals surface area contributed by atoms with Crippen molar-refractivity contribution in [2.75, 3.05) is 13.7 Å². The summed E-state index contributed by atoms with van der Waals surface area (Å²) >= 11 is 0. The van der Waals surface area contributed by atoms with Crippen molar-refractivity contribution in [2.45, 2.75) is 56.5 Å². The number of nitrogens with zero attached hydrogens (tertiary/aromatic N) is 1. The number of rotatable bonds is 2. The summed E-state index contributed by atoms with van der Waals surface area (Å²) in [4.78, 5) is 25.8. The summed E-state index contributed by atoms with van der Waals surface area (Å²) in [7, 11) is 1.36. The van der Waals surface area contributed by atoms with E-state index in [1.807, 2.05) is 0 Å². The van der Waals surface area contributed by atoms with Gasteiger partial charge in [0.05, 0.1) is 12.6 Å². The normalized spacial score (nSPS) is 27.0. The molecule has 2 fully saturated rings. The van der Waals surface area contributed by atoms with Crippen LogP contribution in [0, 0.1) is 0 Å². The predicted octanol–water partition coefficient (Wildman–Crippen LogP) is 0.812. The Morgan fingerprint density at radius 2 is 1.89 bits per heavy atom. The van der Waals surface area contributed by atoms with Crippen LogP contribution < -0.4 is 5.73 Å². The number of likely N-dealkylation sites (tertiary alicyclic amines) is 1. The van der Waals surface area contributed by atoms with Crippen molar-refractivity contribution in [1.82, 2.24) is 4.90 Å². The van der Waals surface area contributed by atoms with E-state index in [0.717, 1.165) is 38.5 Å². The Bertz CT molecular complexity index is 337. The zero-order valence-electron chi connectivity index (χ0n) is 11.0. The number of hydrogen-bond donors (Lipinski definition) is 1. The number of carbonyl (C=O) groups excluding carboxylic acids is 2. The molecule has 1 amide bonds. The van der Waals surface area contributed by atoms with E-state index in [2.05, 4.69) is 0 Å². The van der Waals surface area contributed by atoms with Gasteiger partial charge < -0.3 is 15.4 Å². The minimum Gasteiger partial charge on any atom is -0.467 e. The van der Waals surface area contributed by atoms with Crippen LogP contribution in [0.4, 0.5) is 0 Å². The molecule has 0 aromatic carbocycles. The second-order valence-corrected chi connectivity index (χ2v) is 5.40. The summed E-state index contributed by atoms with van der Waals surface area (Å²) in [6.45, 7) is 0.623. The van der Waals surface area contributed by atoms with Crippen LogP contribution in [0.25, 0.3) is 0 Å². The van der Waals surface area contributed by atoms with Gasteiger partial charge in [-0.2, -0.15) is 0 Å². The first-order valence-corrected chi connectivity index (χ1v) is 6.76. The molecule has 0 bridgehead atoms. The summed E-state index contributed by atoms with van der Waals surface area (Å²) in [6, 6.07) is -0.426. The second kappa shape index (κ2) is 5.26. The molecule has 2 aliphatic rings. The van der Waals surface area contributed by atoms with Gasteiger partial charge in [-0.15, -0.1) is 0 Å². The smallest absolute Gasteiger partial charge is 0.328 e. The van der Waals surface area contributed by atoms with Gasteiger partial charge in [-0.05, 0) is 25.7 Å². The third-order valence-corrected chi connectivity index (χ3v) is 4.16. The molecule has 0 aromatic heterocycles. The van der Waals surface area contributed by atoms with E-state index in [9.17, 15) is 9.59 Å². The molecule has 0 spiro atoms. The molecule has 0 aromatic rings. The summed E-state index contributed by atoms with van der Waals surface area (Å²) in [5.74, 6) is -0.379. The Balaban J connectivity index is 2.09. The third kappa shape index (κ3) is 2.36. The molecule has 2 rings (SSSR count).